The molecule has 2 aliphatic heterocycles. The van der Waals surface area contributed by atoms with E-state index in [0.29, 0.717) is 25.4 Å². The molecule has 0 N–H and O–H groups in total. The van der Waals surface area contributed by atoms with Gasteiger partial charge in [-0.25, -0.2) is 9.18 Å². The SMILES string of the molecule is O=C(N1CCCCC1)N(Cc1ccc(-c2nnc(C(F)F)o2)cc1F)c1ccc2c(c1)CCO2. The summed E-state index contributed by atoms with van der Waals surface area (Å²) in [5.41, 5.74) is 2.14. The van der Waals surface area contributed by atoms with E-state index in [2.05, 4.69) is 10.2 Å². The molecule has 2 aliphatic rings. The van der Waals surface area contributed by atoms with Crippen LogP contribution in [0, 0.1) is 5.82 Å². The number of piperidine rings is 1. The number of likely N-dealkylation sites (tertiary alicyclic amines) is 1. The molecule has 34 heavy (non-hydrogen) atoms. The van der Waals surface area contributed by atoms with Crippen molar-refractivity contribution in [3.63, 3.8) is 0 Å². The maximum atomic E-state index is 15.1. The molecule has 2 amide bonds. The fraction of sp³-hybridized carbons (Fsp3) is 0.375. The molecule has 3 heterocycles. The smallest absolute Gasteiger partial charge is 0.324 e. The normalized spacial score (nSPS) is 15.4. The summed E-state index contributed by atoms with van der Waals surface area (Å²) in [6.45, 7) is 1.92. The number of aromatic nitrogens is 2. The van der Waals surface area contributed by atoms with Gasteiger partial charge >= 0.3 is 12.5 Å². The summed E-state index contributed by atoms with van der Waals surface area (Å²) in [6.07, 6.45) is 0.802. The molecular weight excluding hydrogens is 449 g/mol. The molecule has 5 rings (SSSR count). The molecule has 0 bridgehead atoms. The Morgan fingerprint density at radius 1 is 1.09 bits per heavy atom. The Hall–Kier alpha value is -3.56. The first-order valence-corrected chi connectivity index (χ1v) is 11.2. The monoisotopic (exact) mass is 472 g/mol. The molecule has 10 heteroatoms. The van der Waals surface area contributed by atoms with Gasteiger partial charge in [-0.15, -0.1) is 10.2 Å². The van der Waals surface area contributed by atoms with Gasteiger partial charge < -0.3 is 14.1 Å². The minimum atomic E-state index is -2.91. The largest absolute Gasteiger partial charge is 0.493 e. The Balaban J connectivity index is 1.44. The van der Waals surface area contributed by atoms with Gasteiger partial charge in [0.25, 0.3) is 5.89 Å². The molecule has 1 fully saturated rings. The fourth-order valence-electron chi connectivity index (χ4n) is 4.28. The third kappa shape index (κ3) is 4.44. The average molecular weight is 472 g/mol. The zero-order valence-electron chi connectivity index (χ0n) is 18.3. The van der Waals surface area contributed by atoms with Gasteiger partial charge in [0.15, 0.2) is 0 Å². The zero-order valence-corrected chi connectivity index (χ0v) is 18.3. The lowest BCUT2D eigenvalue weighted by Crippen LogP contribution is -2.45. The standard InChI is InChI=1S/C24H23F3N4O3/c25-19-13-16(22-28-29-23(34-22)21(26)27)4-5-17(19)14-31(24(32)30-9-2-1-3-10-30)18-6-7-20-15(12-18)8-11-33-20/h4-7,12-13,21H,1-3,8-11,14H2. The van der Waals surface area contributed by atoms with E-state index in [1.54, 1.807) is 9.80 Å². The van der Waals surface area contributed by atoms with Crippen LogP contribution in [0.3, 0.4) is 0 Å². The Bertz CT molecular complexity index is 1190. The Labute approximate surface area is 194 Å². The number of hydrogen-bond acceptors (Lipinski definition) is 5. The van der Waals surface area contributed by atoms with Gasteiger partial charge in [0.1, 0.15) is 11.6 Å². The van der Waals surface area contributed by atoms with Crippen molar-refractivity contribution in [2.45, 2.75) is 38.7 Å². The molecule has 178 valence electrons. The van der Waals surface area contributed by atoms with Crippen LogP contribution in [0.15, 0.2) is 40.8 Å². The van der Waals surface area contributed by atoms with Crippen molar-refractivity contribution >= 4 is 11.7 Å². The molecule has 7 nitrogen and oxygen atoms in total. The van der Waals surface area contributed by atoms with Crippen molar-refractivity contribution in [1.29, 1.82) is 0 Å². The maximum Gasteiger partial charge on any atom is 0.324 e. The van der Waals surface area contributed by atoms with E-state index < -0.39 is 18.1 Å². The number of carbonyl (C=O) groups excluding carboxylic acids is 1. The highest BCUT2D eigenvalue weighted by Gasteiger charge is 2.27. The van der Waals surface area contributed by atoms with E-state index in [4.69, 9.17) is 9.15 Å². The maximum absolute atomic E-state index is 15.1. The van der Waals surface area contributed by atoms with E-state index in [9.17, 15) is 13.6 Å². The topological polar surface area (TPSA) is 71.7 Å². The number of amides is 2. The van der Waals surface area contributed by atoms with Crippen LogP contribution in [-0.2, 0) is 13.0 Å². The van der Waals surface area contributed by atoms with Crippen LogP contribution >= 0.6 is 0 Å². The lowest BCUT2D eigenvalue weighted by molar-refractivity contribution is 0.116. The number of alkyl halides is 2. The molecule has 0 aliphatic carbocycles. The van der Waals surface area contributed by atoms with E-state index >= 15 is 4.39 Å². The van der Waals surface area contributed by atoms with Crippen molar-refractivity contribution in [1.82, 2.24) is 15.1 Å². The van der Waals surface area contributed by atoms with E-state index in [-0.39, 0.29) is 29.6 Å². The van der Waals surface area contributed by atoms with E-state index in [1.807, 2.05) is 18.2 Å². The Morgan fingerprint density at radius 3 is 2.65 bits per heavy atom. The second kappa shape index (κ2) is 9.36. The second-order valence-electron chi connectivity index (χ2n) is 8.36. The Kier molecular flexibility index (Phi) is 6.12. The number of benzene rings is 2. The lowest BCUT2D eigenvalue weighted by Gasteiger charge is -2.33. The van der Waals surface area contributed by atoms with Gasteiger partial charge in [0, 0.05) is 36.3 Å². The number of carbonyl (C=O) groups is 1. The number of urea groups is 1. The van der Waals surface area contributed by atoms with Gasteiger partial charge in [-0.1, -0.05) is 6.07 Å². The molecule has 0 unspecified atom stereocenters. The van der Waals surface area contributed by atoms with Gasteiger partial charge in [-0.3, -0.25) is 4.90 Å². The highest BCUT2D eigenvalue weighted by molar-refractivity contribution is 5.92. The Morgan fingerprint density at radius 2 is 1.91 bits per heavy atom. The predicted molar refractivity (Wildman–Crippen MR) is 117 cm³/mol. The number of hydrogen-bond donors (Lipinski definition) is 0. The minimum Gasteiger partial charge on any atom is -0.493 e. The van der Waals surface area contributed by atoms with E-state index in [0.717, 1.165) is 43.1 Å². The first kappa shape index (κ1) is 22.2. The van der Waals surface area contributed by atoms with Crippen LogP contribution in [-0.4, -0.2) is 40.8 Å². The molecule has 1 aromatic heterocycles. The molecule has 0 spiro atoms. The summed E-state index contributed by atoms with van der Waals surface area (Å²) in [4.78, 5) is 16.8. The molecular formula is C24H23F3N4O3. The first-order chi connectivity index (χ1) is 16.5. The van der Waals surface area contributed by atoms with Crippen molar-refractivity contribution < 1.29 is 27.1 Å². The molecule has 2 aromatic carbocycles. The summed E-state index contributed by atoms with van der Waals surface area (Å²) in [7, 11) is 0. The van der Waals surface area contributed by atoms with Crippen LogP contribution in [0.4, 0.5) is 23.7 Å². The lowest BCUT2D eigenvalue weighted by atomic mass is 10.1. The van der Waals surface area contributed by atoms with Gasteiger partial charge in [0.05, 0.1) is 13.2 Å². The molecule has 0 saturated carbocycles. The molecule has 1 saturated heterocycles. The second-order valence-corrected chi connectivity index (χ2v) is 8.36. The van der Waals surface area contributed by atoms with Crippen LogP contribution in [0.2, 0.25) is 0 Å². The van der Waals surface area contributed by atoms with Gasteiger partial charge in [0.2, 0.25) is 5.89 Å². The molecule has 0 atom stereocenters. The quantitative estimate of drug-likeness (QED) is 0.500. The summed E-state index contributed by atoms with van der Waals surface area (Å²) in [6, 6.07) is 9.55. The minimum absolute atomic E-state index is 0.00715. The number of nitrogens with zero attached hydrogens (tertiary/aromatic N) is 4. The number of anilines is 1. The number of fused-ring (bicyclic) bond motifs is 1. The number of halogens is 3. The third-order valence-electron chi connectivity index (χ3n) is 6.10. The van der Waals surface area contributed by atoms with Crippen molar-refractivity contribution in [3.05, 3.63) is 59.2 Å². The van der Waals surface area contributed by atoms with Crippen molar-refractivity contribution in [3.8, 4) is 17.2 Å². The zero-order chi connectivity index (χ0) is 23.7. The summed E-state index contributed by atoms with van der Waals surface area (Å²) < 4.78 is 51.1. The highest BCUT2D eigenvalue weighted by atomic mass is 19.3. The third-order valence-corrected chi connectivity index (χ3v) is 6.10. The fourth-order valence-corrected chi connectivity index (χ4v) is 4.28. The molecule has 0 radical (unpaired) electrons. The van der Waals surface area contributed by atoms with Crippen molar-refractivity contribution in [2.75, 3.05) is 24.6 Å². The summed E-state index contributed by atoms with van der Waals surface area (Å²) >= 11 is 0. The summed E-state index contributed by atoms with van der Waals surface area (Å²) in [5.74, 6) is -0.818. The van der Waals surface area contributed by atoms with Crippen LogP contribution < -0.4 is 9.64 Å². The van der Waals surface area contributed by atoms with Gasteiger partial charge in [-0.2, -0.15) is 8.78 Å². The van der Waals surface area contributed by atoms with Crippen LogP contribution in [0.25, 0.3) is 11.5 Å². The average Bonchev–Trinajstić information content (AvgIpc) is 3.53. The predicted octanol–water partition coefficient (Wildman–Crippen LogP) is 5.36. The van der Waals surface area contributed by atoms with Gasteiger partial charge in [-0.05, 0) is 55.2 Å². The number of ether oxygens (including phenoxy) is 1. The highest BCUT2D eigenvalue weighted by Crippen LogP contribution is 2.32. The first-order valence-electron chi connectivity index (χ1n) is 11.2. The summed E-state index contributed by atoms with van der Waals surface area (Å²) in [5, 5.41) is 6.84. The number of rotatable bonds is 5. The van der Waals surface area contributed by atoms with E-state index in [1.165, 1.54) is 12.1 Å². The van der Waals surface area contributed by atoms with Crippen LogP contribution in [0.1, 0.15) is 42.7 Å². The van der Waals surface area contributed by atoms with Crippen molar-refractivity contribution in [2.24, 2.45) is 0 Å². The van der Waals surface area contributed by atoms with Crippen LogP contribution in [0.5, 0.6) is 5.75 Å². The molecule has 3 aromatic rings.